The van der Waals surface area contributed by atoms with Crippen molar-refractivity contribution < 1.29 is 4.79 Å². The first-order valence-corrected chi connectivity index (χ1v) is 7.04. The predicted octanol–water partition coefficient (Wildman–Crippen LogP) is 2.73. The fraction of sp³-hybridized carbons (Fsp3) is 0.846. The number of rotatable bonds is 9. The topological polar surface area (TPSA) is 46.3 Å². The van der Waals surface area contributed by atoms with Crippen molar-refractivity contribution in [1.29, 1.82) is 0 Å². The quantitative estimate of drug-likeness (QED) is 0.647. The molecular weight excluding hydrogens is 232 g/mol. The van der Waals surface area contributed by atoms with Crippen LogP contribution in [0, 0.1) is 5.92 Å². The molecule has 0 saturated heterocycles. The number of nitrogens with two attached hydrogens (primary N) is 1. The molecule has 1 amide bonds. The highest BCUT2D eigenvalue weighted by molar-refractivity contribution is 7.80. The Hall–Kier alpha value is -0.640. The van der Waals surface area contributed by atoms with Crippen LogP contribution in [0.2, 0.25) is 0 Å². The van der Waals surface area contributed by atoms with Crippen LogP contribution in [0.1, 0.15) is 52.9 Å². The van der Waals surface area contributed by atoms with E-state index in [1.165, 1.54) is 0 Å². The van der Waals surface area contributed by atoms with Crippen LogP contribution in [0.3, 0.4) is 0 Å². The zero-order valence-corrected chi connectivity index (χ0v) is 12.2. The number of nitrogens with zero attached hydrogens (tertiary/aromatic N) is 1. The third kappa shape index (κ3) is 6.61. The van der Waals surface area contributed by atoms with Gasteiger partial charge in [0.25, 0.3) is 0 Å². The third-order valence-corrected chi connectivity index (χ3v) is 2.90. The molecule has 0 aromatic carbocycles. The molecule has 0 aliphatic rings. The summed E-state index contributed by atoms with van der Waals surface area (Å²) in [6, 6.07) is 0. The SMILES string of the molecule is CCCC(CCC)C(=O)N(CCC)CC(N)=S. The molecule has 0 saturated carbocycles. The van der Waals surface area contributed by atoms with Gasteiger partial charge in [-0.05, 0) is 19.3 Å². The van der Waals surface area contributed by atoms with E-state index in [0.717, 1.165) is 38.6 Å². The van der Waals surface area contributed by atoms with Gasteiger partial charge in [-0.3, -0.25) is 4.79 Å². The van der Waals surface area contributed by atoms with Crippen molar-refractivity contribution >= 4 is 23.1 Å². The number of carbonyl (C=O) groups is 1. The molecule has 3 nitrogen and oxygen atoms in total. The highest BCUT2D eigenvalue weighted by Gasteiger charge is 2.22. The van der Waals surface area contributed by atoms with E-state index in [-0.39, 0.29) is 11.8 Å². The second-order valence-electron chi connectivity index (χ2n) is 4.50. The summed E-state index contributed by atoms with van der Waals surface area (Å²) in [6.45, 7) is 7.47. The van der Waals surface area contributed by atoms with Gasteiger partial charge in [0, 0.05) is 12.5 Å². The number of carbonyl (C=O) groups excluding carboxylic acids is 1. The van der Waals surface area contributed by atoms with E-state index < -0.39 is 0 Å². The maximum absolute atomic E-state index is 12.4. The molecule has 0 aromatic heterocycles. The summed E-state index contributed by atoms with van der Waals surface area (Å²) in [6.07, 6.45) is 4.96. The molecule has 4 heteroatoms. The summed E-state index contributed by atoms with van der Waals surface area (Å²) in [5.74, 6) is 0.370. The Morgan fingerprint density at radius 3 is 2.06 bits per heavy atom. The van der Waals surface area contributed by atoms with Crippen LogP contribution < -0.4 is 5.73 Å². The van der Waals surface area contributed by atoms with Gasteiger partial charge in [-0.1, -0.05) is 45.8 Å². The average Bonchev–Trinajstić information content (AvgIpc) is 2.27. The first kappa shape index (κ1) is 16.4. The van der Waals surface area contributed by atoms with Gasteiger partial charge in [0.05, 0.1) is 11.5 Å². The summed E-state index contributed by atoms with van der Waals surface area (Å²) < 4.78 is 0. The first-order valence-electron chi connectivity index (χ1n) is 6.63. The number of hydrogen-bond donors (Lipinski definition) is 1. The van der Waals surface area contributed by atoms with E-state index in [9.17, 15) is 4.79 Å². The lowest BCUT2D eigenvalue weighted by Gasteiger charge is -2.26. The lowest BCUT2D eigenvalue weighted by molar-refractivity contribution is -0.135. The van der Waals surface area contributed by atoms with Gasteiger partial charge in [0.1, 0.15) is 0 Å². The van der Waals surface area contributed by atoms with Gasteiger partial charge < -0.3 is 10.6 Å². The Morgan fingerprint density at radius 1 is 1.18 bits per heavy atom. The Kier molecular flexibility index (Phi) is 9.04. The average molecular weight is 258 g/mol. The van der Waals surface area contributed by atoms with Gasteiger partial charge in [-0.2, -0.15) is 0 Å². The molecule has 0 atom stereocenters. The lowest BCUT2D eigenvalue weighted by Crippen LogP contribution is -2.41. The summed E-state index contributed by atoms with van der Waals surface area (Å²) in [7, 11) is 0. The molecule has 0 radical (unpaired) electrons. The van der Waals surface area contributed by atoms with Crippen LogP contribution in [0.4, 0.5) is 0 Å². The molecule has 0 rings (SSSR count). The molecule has 0 bridgehead atoms. The van der Waals surface area contributed by atoms with Crippen molar-refractivity contribution in [3.8, 4) is 0 Å². The molecule has 100 valence electrons. The van der Waals surface area contributed by atoms with Crippen molar-refractivity contribution in [3.05, 3.63) is 0 Å². The van der Waals surface area contributed by atoms with Gasteiger partial charge in [-0.25, -0.2) is 0 Å². The fourth-order valence-electron chi connectivity index (χ4n) is 2.07. The zero-order chi connectivity index (χ0) is 13.3. The van der Waals surface area contributed by atoms with Gasteiger partial charge in [0.15, 0.2) is 0 Å². The zero-order valence-electron chi connectivity index (χ0n) is 11.4. The monoisotopic (exact) mass is 258 g/mol. The van der Waals surface area contributed by atoms with Gasteiger partial charge in [-0.15, -0.1) is 0 Å². The molecule has 0 aliphatic carbocycles. The van der Waals surface area contributed by atoms with E-state index >= 15 is 0 Å². The highest BCUT2D eigenvalue weighted by Crippen LogP contribution is 2.17. The van der Waals surface area contributed by atoms with Crippen molar-refractivity contribution in [2.24, 2.45) is 11.7 Å². The summed E-state index contributed by atoms with van der Waals surface area (Å²) in [5, 5.41) is 0. The van der Waals surface area contributed by atoms with Crippen molar-refractivity contribution in [2.45, 2.75) is 52.9 Å². The van der Waals surface area contributed by atoms with E-state index in [0.29, 0.717) is 11.5 Å². The van der Waals surface area contributed by atoms with Gasteiger partial charge >= 0.3 is 0 Å². The first-order chi connectivity index (χ1) is 8.06. The summed E-state index contributed by atoms with van der Waals surface area (Å²) in [4.78, 5) is 14.6. The Labute approximate surface area is 111 Å². The standard InChI is InChI=1S/C13H26N2OS/c1-4-7-11(8-5-2)13(16)15(9-6-3)10-12(14)17/h11H,4-10H2,1-3H3,(H2,14,17). The second-order valence-corrected chi connectivity index (χ2v) is 5.02. The van der Waals surface area contributed by atoms with Crippen LogP contribution >= 0.6 is 12.2 Å². The smallest absolute Gasteiger partial charge is 0.226 e. The van der Waals surface area contributed by atoms with E-state index in [1.54, 1.807) is 0 Å². The Bertz CT molecular complexity index is 238. The van der Waals surface area contributed by atoms with Crippen LogP contribution in [0.25, 0.3) is 0 Å². The van der Waals surface area contributed by atoms with Crippen molar-refractivity contribution in [1.82, 2.24) is 4.90 Å². The second kappa shape index (κ2) is 9.40. The molecule has 17 heavy (non-hydrogen) atoms. The molecule has 0 unspecified atom stereocenters. The Morgan fingerprint density at radius 2 is 1.71 bits per heavy atom. The molecule has 0 spiro atoms. The minimum absolute atomic E-state index is 0.144. The number of amides is 1. The third-order valence-electron chi connectivity index (χ3n) is 2.78. The van der Waals surface area contributed by atoms with Gasteiger partial charge in [0.2, 0.25) is 5.91 Å². The van der Waals surface area contributed by atoms with Crippen molar-refractivity contribution in [2.75, 3.05) is 13.1 Å². The lowest BCUT2D eigenvalue weighted by atomic mass is 9.96. The Balaban J connectivity index is 4.57. The molecule has 0 heterocycles. The highest BCUT2D eigenvalue weighted by atomic mass is 32.1. The summed E-state index contributed by atoms with van der Waals surface area (Å²) in [5.41, 5.74) is 5.55. The van der Waals surface area contributed by atoms with Crippen molar-refractivity contribution in [3.63, 3.8) is 0 Å². The maximum atomic E-state index is 12.4. The van der Waals surface area contributed by atoms with E-state index in [2.05, 4.69) is 20.8 Å². The van der Waals surface area contributed by atoms with Crippen LogP contribution in [0.15, 0.2) is 0 Å². The summed E-state index contributed by atoms with van der Waals surface area (Å²) >= 11 is 4.90. The number of thiocarbonyl (C=S) groups is 1. The van der Waals surface area contributed by atoms with E-state index in [1.807, 2.05) is 4.90 Å². The van der Waals surface area contributed by atoms with Crippen LogP contribution in [-0.2, 0) is 4.79 Å². The maximum Gasteiger partial charge on any atom is 0.226 e. The van der Waals surface area contributed by atoms with E-state index in [4.69, 9.17) is 18.0 Å². The molecular formula is C13H26N2OS. The molecule has 2 N–H and O–H groups in total. The largest absolute Gasteiger partial charge is 0.392 e. The van der Waals surface area contributed by atoms with Crippen LogP contribution in [0.5, 0.6) is 0 Å². The molecule has 0 fully saturated rings. The normalized spacial score (nSPS) is 10.6. The minimum Gasteiger partial charge on any atom is -0.392 e. The fourth-order valence-corrected chi connectivity index (χ4v) is 2.23. The van der Waals surface area contributed by atoms with Crippen LogP contribution in [-0.4, -0.2) is 28.9 Å². The molecule has 0 aromatic rings. The molecule has 0 aliphatic heterocycles. The predicted molar refractivity (Wildman–Crippen MR) is 77.0 cm³/mol. The minimum atomic E-state index is 0.144. The number of hydrogen-bond acceptors (Lipinski definition) is 2.